The van der Waals surface area contributed by atoms with E-state index in [1.165, 1.54) is 10.4 Å². The average Bonchev–Trinajstić information content (AvgIpc) is 3.47. The fraction of sp³-hybridized carbons (Fsp3) is 0.316. The maximum Gasteiger partial charge on any atom is 0.259 e. The number of aromatic nitrogens is 1. The van der Waals surface area contributed by atoms with Crippen LogP contribution in [-0.2, 0) is 10.3 Å². The molecule has 1 unspecified atom stereocenters. The molecule has 1 aromatic heterocycles. The minimum Gasteiger partial charge on any atom is -0.338 e. The van der Waals surface area contributed by atoms with Crippen LogP contribution < -0.4 is 10.8 Å². The maximum atomic E-state index is 13.0. The lowest BCUT2D eigenvalue weighted by atomic mass is 9.73. The second-order valence-electron chi connectivity index (χ2n) is 6.94. The van der Waals surface area contributed by atoms with Crippen LogP contribution in [0.25, 0.3) is 11.1 Å². The third-order valence-corrected chi connectivity index (χ3v) is 5.34. The van der Waals surface area contributed by atoms with Crippen LogP contribution in [-0.4, -0.2) is 36.1 Å². The van der Waals surface area contributed by atoms with E-state index >= 15 is 0 Å². The molecule has 1 aromatic carbocycles. The van der Waals surface area contributed by atoms with Crippen molar-refractivity contribution in [1.82, 2.24) is 15.2 Å². The van der Waals surface area contributed by atoms with Gasteiger partial charge in [-0.25, -0.2) is 0 Å². The zero-order valence-electron chi connectivity index (χ0n) is 14.5. The molecule has 2 heterocycles. The van der Waals surface area contributed by atoms with Gasteiger partial charge < -0.3 is 5.32 Å². The first kappa shape index (κ1) is 15.9. The summed E-state index contributed by atoms with van der Waals surface area (Å²) < 4.78 is 0. The molecule has 2 aliphatic rings. The Morgan fingerprint density at radius 1 is 1.28 bits per heavy atom. The minimum absolute atomic E-state index is 0.0300. The van der Waals surface area contributed by atoms with Crippen molar-refractivity contribution in [2.24, 2.45) is 5.92 Å². The molecule has 1 aliphatic carbocycles. The van der Waals surface area contributed by atoms with Gasteiger partial charge in [-0.3, -0.25) is 20.1 Å². The Morgan fingerprint density at radius 2 is 2.08 bits per heavy atom. The number of nitrogens with one attached hydrogen (secondary N) is 2. The van der Waals surface area contributed by atoms with Crippen molar-refractivity contribution in [2.75, 3.05) is 7.05 Å². The van der Waals surface area contributed by atoms with Crippen molar-refractivity contribution in [3.05, 3.63) is 48.3 Å². The molecular formula is C19H21BN4O. The van der Waals surface area contributed by atoms with Gasteiger partial charge in [-0.05, 0) is 41.5 Å². The van der Waals surface area contributed by atoms with Crippen molar-refractivity contribution in [3.8, 4) is 11.1 Å². The van der Waals surface area contributed by atoms with Gasteiger partial charge in [0.05, 0.1) is 0 Å². The summed E-state index contributed by atoms with van der Waals surface area (Å²) in [4.78, 5) is 18.7. The molecule has 0 spiro atoms. The van der Waals surface area contributed by atoms with Gasteiger partial charge in [-0.15, -0.1) is 0 Å². The van der Waals surface area contributed by atoms with Gasteiger partial charge in [0, 0.05) is 19.4 Å². The predicted molar refractivity (Wildman–Crippen MR) is 100 cm³/mol. The molecule has 25 heavy (non-hydrogen) atoms. The lowest BCUT2D eigenvalue weighted by molar-refractivity contribution is -0.131. The topological polar surface area (TPSA) is 69.1 Å². The fourth-order valence-corrected chi connectivity index (χ4v) is 3.70. The van der Waals surface area contributed by atoms with Gasteiger partial charge >= 0.3 is 0 Å². The smallest absolute Gasteiger partial charge is 0.259 e. The van der Waals surface area contributed by atoms with Crippen molar-refractivity contribution >= 4 is 24.6 Å². The Kier molecular flexibility index (Phi) is 3.63. The van der Waals surface area contributed by atoms with Crippen LogP contribution in [0.3, 0.4) is 0 Å². The van der Waals surface area contributed by atoms with Crippen LogP contribution in [0.15, 0.2) is 42.7 Å². The van der Waals surface area contributed by atoms with E-state index in [-0.39, 0.29) is 17.8 Å². The van der Waals surface area contributed by atoms with Crippen LogP contribution in [0, 0.1) is 11.3 Å². The second kappa shape index (κ2) is 5.72. The lowest BCUT2D eigenvalue weighted by Crippen LogP contribution is -2.46. The monoisotopic (exact) mass is 332 g/mol. The van der Waals surface area contributed by atoms with E-state index in [1.807, 2.05) is 24.5 Å². The molecule has 6 heteroatoms. The van der Waals surface area contributed by atoms with Crippen LogP contribution in [0.1, 0.15) is 18.4 Å². The van der Waals surface area contributed by atoms with Gasteiger partial charge in [0.2, 0.25) is 0 Å². The highest BCUT2D eigenvalue weighted by Crippen LogP contribution is 2.49. The summed E-state index contributed by atoms with van der Waals surface area (Å²) >= 11 is 0. The maximum absolute atomic E-state index is 13.0. The molecule has 0 radical (unpaired) electrons. The Balaban J connectivity index is 1.80. The molecule has 2 aromatic rings. The second-order valence-corrected chi connectivity index (χ2v) is 6.94. The molecule has 5 nitrogen and oxygen atoms in total. The summed E-state index contributed by atoms with van der Waals surface area (Å²) in [6.45, 7) is 2.11. The third kappa shape index (κ3) is 2.44. The summed E-state index contributed by atoms with van der Waals surface area (Å²) in [6.07, 6.45) is 5.77. The number of carbonyl (C=O) groups is 1. The highest BCUT2D eigenvalue weighted by atomic mass is 16.2. The van der Waals surface area contributed by atoms with Crippen molar-refractivity contribution in [1.29, 1.82) is 5.41 Å². The summed E-state index contributed by atoms with van der Waals surface area (Å²) in [5.41, 5.74) is 3.44. The summed E-state index contributed by atoms with van der Waals surface area (Å²) in [5.74, 6) is 0.398. The Hall–Kier alpha value is -2.63. The number of likely N-dealkylation sites (N-methyl/N-ethyl adjacent to an activating group) is 1. The Bertz CT molecular complexity index is 864. The first-order valence-electron chi connectivity index (χ1n) is 8.76. The van der Waals surface area contributed by atoms with Gasteiger partial charge in [0.15, 0.2) is 13.2 Å². The quantitative estimate of drug-likeness (QED) is 0.833. The molecule has 1 saturated heterocycles. The zero-order chi connectivity index (χ0) is 17.6. The van der Waals surface area contributed by atoms with Crippen molar-refractivity contribution < 1.29 is 4.79 Å². The molecule has 1 amide bonds. The van der Waals surface area contributed by atoms with Gasteiger partial charge in [0.25, 0.3) is 5.91 Å². The normalized spacial score (nSPS) is 22.9. The number of rotatable bonds is 4. The zero-order valence-corrected chi connectivity index (χ0v) is 14.5. The highest BCUT2D eigenvalue weighted by Gasteiger charge is 2.58. The van der Waals surface area contributed by atoms with Gasteiger partial charge in [-0.1, -0.05) is 36.6 Å². The molecule has 2 N–H and O–H groups in total. The summed E-state index contributed by atoms with van der Waals surface area (Å²) in [5, 5.41) is 11.3. The number of benzene rings is 1. The van der Waals surface area contributed by atoms with Crippen LogP contribution in [0.2, 0.25) is 6.82 Å². The number of nitrogens with zero attached hydrogens (tertiary/aromatic N) is 2. The lowest BCUT2D eigenvalue weighted by Gasteiger charge is -2.28. The van der Waals surface area contributed by atoms with Crippen LogP contribution >= 0.6 is 0 Å². The third-order valence-electron chi connectivity index (χ3n) is 5.34. The van der Waals surface area contributed by atoms with Crippen LogP contribution in [0.5, 0.6) is 0 Å². The Morgan fingerprint density at radius 3 is 2.72 bits per heavy atom. The number of amides is 1. The largest absolute Gasteiger partial charge is 0.338 e. The molecule has 0 bridgehead atoms. The predicted octanol–water partition coefficient (Wildman–Crippen LogP) is 1.46. The number of hydrogen-bond acceptors (Lipinski definition) is 3. The number of hydrogen-bond donors (Lipinski definition) is 2. The molecule has 1 atom stereocenters. The highest BCUT2D eigenvalue weighted by molar-refractivity contribution is 6.51. The molecule has 1 saturated carbocycles. The van der Waals surface area contributed by atoms with Crippen LogP contribution in [0.4, 0.5) is 0 Å². The van der Waals surface area contributed by atoms with E-state index in [0.717, 1.165) is 36.8 Å². The minimum atomic E-state index is -0.794. The Labute approximate surface area is 148 Å². The number of pyridine rings is 1. The molecule has 1 aliphatic heterocycles. The standard InChI is InChI=1S/C19H21BN4O/c1-20-16-9-13(10-22-11-16)12-4-3-5-15(8-12)19(14-6-7-14)17(25)24(2)18(21)23-19/h3-5,8-11,14,20H,6-7H2,1-2H3,(H2,21,23). The van der Waals surface area contributed by atoms with Gasteiger partial charge in [0.1, 0.15) is 5.54 Å². The summed E-state index contributed by atoms with van der Waals surface area (Å²) in [7, 11) is 2.61. The first-order chi connectivity index (χ1) is 12.1. The molecule has 2 fully saturated rings. The molecular weight excluding hydrogens is 311 g/mol. The molecule has 126 valence electrons. The summed E-state index contributed by atoms with van der Waals surface area (Å²) in [6, 6.07) is 10.3. The number of carbonyl (C=O) groups excluding carboxylic acids is 1. The van der Waals surface area contributed by atoms with E-state index in [1.54, 1.807) is 7.05 Å². The average molecular weight is 332 g/mol. The van der Waals surface area contributed by atoms with Gasteiger partial charge in [-0.2, -0.15) is 0 Å². The van der Waals surface area contributed by atoms with E-state index in [0.29, 0.717) is 0 Å². The van der Waals surface area contributed by atoms with E-state index in [4.69, 9.17) is 5.41 Å². The van der Waals surface area contributed by atoms with E-state index in [9.17, 15) is 4.79 Å². The van der Waals surface area contributed by atoms with Crippen molar-refractivity contribution in [2.45, 2.75) is 25.2 Å². The fourth-order valence-electron chi connectivity index (χ4n) is 3.70. The van der Waals surface area contributed by atoms with Crippen molar-refractivity contribution in [3.63, 3.8) is 0 Å². The molecule has 4 rings (SSSR count). The van der Waals surface area contributed by atoms with E-state index in [2.05, 4.69) is 35.3 Å². The van der Waals surface area contributed by atoms with E-state index < -0.39 is 5.54 Å². The number of guanidine groups is 1. The SMILES string of the molecule is CBc1cncc(-c2cccc(C3(C4CC4)NC(=N)N(C)C3=O)c2)c1. The first-order valence-corrected chi connectivity index (χ1v) is 8.76.